The Morgan fingerprint density at radius 1 is 1.60 bits per heavy atom. The van der Waals surface area contributed by atoms with E-state index >= 15 is 0 Å². The first-order valence-electron chi connectivity index (χ1n) is 4.83. The molecule has 0 saturated heterocycles. The van der Waals surface area contributed by atoms with Crippen LogP contribution in [0.1, 0.15) is 17.3 Å². The summed E-state index contributed by atoms with van der Waals surface area (Å²) in [5, 5.41) is 3.87. The van der Waals surface area contributed by atoms with E-state index < -0.39 is 0 Å². The van der Waals surface area contributed by atoms with Crippen molar-refractivity contribution in [3.63, 3.8) is 0 Å². The van der Waals surface area contributed by atoms with E-state index in [0.29, 0.717) is 10.8 Å². The van der Waals surface area contributed by atoms with Crippen LogP contribution >= 0.6 is 11.8 Å². The highest BCUT2D eigenvalue weighted by Crippen LogP contribution is 2.35. The molecule has 1 atom stereocenters. The Morgan fingerprint density at radius 3 is 3.13 bits per heavy atom. The number of rotatable bonds is 1. The summed E-state index contributed by atoms with van der Waals surface area (Å²) in [6.07, 6.45) is 0. The fourth-order valence-electron chi connectivity index (χ4n) is 1.53. The summed E-state index contributed by atoms with van der Waals surface area (Å²) in [5.74, 6) is -0.289. The number of fused-ring (bicyclic) bond motifs is 1. The maximum absolute atomic E-state index is 11.3. The summed E-state index contributed by atoms with van der Waals surface area (Å²) >= 11 is 1.83. The van der Waals surface area contributed by atoms with Crippen molar-refractivity contribution < 1.29 is 9.53 Å². The van der Waals surface area contributed by atoms with E-state index in [0.717, 1.165) is 12.2 Å². The van der Waals surface area contributed by atoms with Gasteiger partial charge >= 0.3 is 5.97 Å². The van der Waals surface area contributed by atoms with Crippen molar-refractivity contribution in [1.82, 2.24) is 0 Å². The number of methoxy groups -OCH3 is 1. The Kier molecular flexibility index (Phi) is 2.86. The van der Waals surface area contributed by atoms with Gasteiger partial charge in [-0.3, -0.25) is 0 Å². The third-order valence-electron chi connectivity index (χ3n) is 2.31. The van der Waals surface area contributed by atoms with Gasteiger partial charge in [-0.05, 0) is 18.2 Å². The SMILES string of the molecule is COC(=O)c1ccc2c(c1)NCC(C)S2. The van der Waals surface area contributed by atoms with Gasteiger partial charge in [-0.1, -0.05) is 6.92 Å². The van der Waals surface area contributed by atoms with Gasteiger partial charge in [0.2, 0.25) is 0 Å². The van der Waals surface area contributed by atoms with Crippen molar-refractivity contribution in [3.05, 3.63) is 23.8 Å². The van der Waals surface area contributed by atoms with Gasteiger partial charge in [0.1, 0.15) is 0 Å². The summed E-state index contributed by atoms with van der Waals surface area (Å²) in [6, 6.07) is 5.62. The molecule has 0 spiro atoms. The normalized spacial score (nSPS) is 18.9. The minimum absolute atomic E-state index is 0.289. The maximum atomic E-state index is 11.3. The van der Waals surface area contributed by atoms with Gasteiger partial charge in [0.25, 0.3) is 0 Å². The highest BCUT2D eigenvalue weighted by atomic mass is 32.2. The van der Waals surface area contributed by atoms with E-state index in [-0.39, 0.29) is 5.97 Å². The summed E-state index contributed by atoms with van der Waals surface area (Å²) in [6.45, 7) is 3.11. The lowest BCUT2D eigenvalue weighted by Crippen LogP contribution is -2.18. The number of carbonyl (C=O) groups excluding carboxylic acids is 1. The second-order valence-electron chi connectivity index (χ2n) is 3.51. The molecule has 1 aliphatic heterocycles. The van der Waals surface area contributed by atoms with Crippen LogP contribution in [0.25, 0.3) is 0 Å². The number of hydrogen-bond donors (Lipinski definition) is 1. The molecule has 0 aromatic heterocycles. The molecular formula is C11H13NO2S. The van der Waals surface area contributed by atoms with E-state index in [4.69, 9.17) is 0 Å². The second kappa shape index (κ2) is 4.14. The Bertz CT molecular complexity index is 392. The van der Waals surface area contributed by atoms with Crippen molar-refractivity contribution in [2.24, 2.45) is 0 Å². The summed E-state index contributed by atoms with van der Waals surface area (Å²) < 4.78 is 4.67. The smallest absolute Gasteiger partial charge is 0.337 e. The molecule has 1 N–H and O–H groups in total. The molecule has 1 aromatic carbocycles. The predicted octanol–water partition coefficient (Wildman–Crippen LogP) is 2.38. The number of esters is 1. The van der Waals surface area contributed by atoms with E-state index in [1.807, 2.05) is 23.9 Å². The van der Waals surface area contributed by atoms with E-state index in [9.17, 15) is 4.79 Å². The van der Waals surface area contributed by atoms with Crippen LogP contribution in [0.4, 0.5) is 5.69 Å². The lowest BCUT2D eigenvalue weighted by Gasteiger charge is -2.22. The largest absolute Gasteiger partial charge is 0.465 e. The number of thioether (sulfide) groups is 1. The van der Waals surface area contributed by atoms with Gasteiger partial charge in [-0.2, -0.15) is 0 Å². The molecular weight excluding hydrogens is 210 g/mol. The molecule has 0 fully saturated rings. The van der Waals surface area contributed by atoms with E-state index in [2.05, 4.69) is 17.0 Å². The van der Waals surface area contributed by atoms with E-state index in [1.54, 1.807) is 6.07 Å². The van der Waals surface area contributed by atoms with Gasteiger partial charge < -0.3 is 10.1 Å². The topological polar surface area (TPSA) is 38.3 Å². The van der Waals surface area contributed by atoms with Gasteiger partial charge in [0, 0.05) is 22.4 Å². The molecule has 1 aromatic rings. The fourth-order valence-corrected chi connectivity index (χ4v) is 2.53. The highest BCUT2D eigenvalue weighted by molar-refractivity contribution is 8.00. The zero-order valence-corrected chi connectivity index (χ0v) is 9.56. The van der Waals surface area contributed by atoms with Crippen molar-refractivity contribution in [2.45, 2.75) is 17.1 Å². The Morgan fingerprint density at radius 2 is 2.40 bits per heavy atom. The summed E-state index contributed by atoms with van der Waals surface area (Å²) in [7, 11) is 1.39. The van der Waals surface area contributed by atoms with E-state index in [1.165, 1.54) is 12.0 Å². The predicted molar refractivity (Wildman–Crippen MR) is 61.6 cm³/mol. The van der Waals surface area contributed by atoms with Crippen LogP contribution in [-0.2, 0) is 4.74 Å². The Hall–Kier alpha value is -1.16. The average molecular weight is 223 g/mol. The average Bonchev–Trinajstić information content (AvgIpc) is 2.27. The molecule has 1 unspecified atom stereocenters. The van der Waals surface area contributed by atoms with Crippen LogP contribution in [0, 0.1) is 0 Å². The second-order valence-corrected chi connectivity index (χ2v) is 4.99. The number of anilines is 1. The first kappa shape index (κ1) is 10.4. The zero-order valence-electron chi connectivity index (χ0n) is 8.74. The first-order valence-corrected chi connectivity index (χ1v) is 5.71. The monoisotopic (exact) mass is 223 g/mol. The lowest BCUT2D eigenvalue weighted by molar-refractivity contribution is 0.0600. The van der Waals surface area contributed by atoms with Crippen molar-refractivity contribution >= 4 is 23.4 Å². The Labute approximate surface area is 93.2 Å². The molecule has 0 bridgehead atoms. The minimum Gasteiger partial charge on any atom is -0.465 e. The third kappa shape index (κ3) is 2.09. The number of nitrogens with one attached hydrogen (secondary N) is 1. The van der Waals surface area contributed by atoms with Crippen LogP contribution < -0.4 is 5.32 Å². The molecule has 3 nitrogen and oxygen atoms in total. The molecule has 4 heteroatoms. The molecule has 0 radical (unpaired) electrons. The molecule has 1 aliphatic rings. The van der Waals surface area contributed by atoms with Gasteiger partial charge in [0.15, 0.2) is 0 Å². The standard InChI is InChI=1S/C11H13NO2S/c1-7-6-12-9-5-8(11(13)14-2)3-4-10(9)15-7/h3-5,7,12H,6H2,1-2H3. The molecule has 1 heterocycles. The quantitative estimate of drug-likeness (QED) is 0.742. The van der Waals surface area contributed by atoms with Gasteiger partial charge in [0.05, 0.1) is 12.7 Å². The molecule has 0 aliphatic carbocycles. The molecule has 0 saturated carbocycles. The highest BCUT2D eigenvalue weighted by Gasteiger charge is 2.16. The minimum atomic E-state index is -0.289. The first-order chi connectivity index (χ1) is 7.20. The van der Waals surface area contributed by atoms with Crippen LogP contribution in [0.2, 0.25) is 0 Å². The lowest BCUT2D eigenvalue weighted by atomic mass is 10.2. The number of ether oxygens (including phenoxy) is 1. The van der Waals surface area contributed by atoms with Crippen molar-refractivity contribution in [2.75, 3.05) is 19.0 Å². The third-order valence-corrected chi connectivity index (χ3v) is 3.49. The molecule has 15 heavy (non-hydrogen) atoms. The van der Waals surface area contributed by atoms with Crippen molar-refractivity contribution in [3.8, 4) is 0 Å². The fraction of sp³-hybridized carbons (Fsp3) is 0.364. The molecule has 0 amide bonds. The van der Waals surface area contributed by atoms with Crippen LogP contribution in [0.15, 0.2) is 23.1 Å². The zero-order chi connectivity index (χ0) is 10.8. The number of carbonyl (C=O) groups is 1. The maximum Gasteiger partial charge on any atom is 0.337 e. The van der Waals surface area contributed by atoms with Crippen LogP contribution in [0.3, 0.4) is 0 Å². The van der Waals surface area contributed by atoms with Crippen LogP contribution in [0.5, 0.6) is 0 Å². The van der Waals surface area contributed by atoms with Crippen LogP contribution in [-0.4, -0.2) is 24.9 Å². The van der Waals surface area contributed by atoms with Crippen molar-refractivity contribution in [1.29, 1.82) is 0 Å². The Balaban J connectivity index is 2.30. The molecule has 2 rings (SSSR count). The summed E-state index contributed by atoms with van der Waals surface area (Å²) in [5.41, 5.74) is 1.62. The number of benzene rings is 1. The number of hydrogen-bond acceptors (Lipinski definition) is 4. The van der Waals surface area contributed by atoms with Gasteiger partial charge in [-0.15, -0.1) is 11.8 Å². The summed E-state index contributed by atoms with van der Waals surface area (Å²) in [4.78, 5) is 12.5. The molecule has 80 valence electrons. The van der Waals surface area contributed by atoms with Gasteiger partial charge in [-0.25, -0.2) is 4.79 Å².